The van der Waals surface area contributed by atoms with Gasteiger partial charge in [0.1, 0.15) is 0 Å². The molecule has 0 spiro atoms. The molecule has 0 amide bonds. The third kappa shape index (κ3) is 2.94. The molecule has 3 nitrogen and oxygen atoms in total. The molecule has 1 aromatic heterocycles. The summed E-state index contributed by atoms with van der Waals surface area (Å²) in [4.78, 5) is 4.66. The van der Waals surface area contributed by atoms with Gasteiger partial charge in [-0.25, -0.2) is 0 Å². The Bertz CT molecular complexity index is 605. The normalized spacial score (nSPS) is 19.5. The number of methoxy groups -OCH3 is 1. The van der Waals surface area contributed by atoms with Gasteiger partial charge in [0.25, 0.3) is 0 Å². The van der Waals surface area contributed by atoms with E-state index in [1.54, 1.807) is 7.11 Å². The lowest BCUT2D eigenvalue weighted by molar-refractivity contribution is -0.122. The zero-order chi connectivity index (χ0) is 14.7. The van der Waals surface area contributed by atoms with E-state index in [1.165, 1.54) is 6.42 Å². The predicted octanol–water partition coefficient (Wildman–Crippen LogP) is 3.49. The highest BCUT2D eigenvalue weighted by Crippen LogP contribution is 2.35. The van der Waals surface area contributed by atoms with E-state index in [1.807, 2.05) is 24.3 Å². The summed E-state index contributed by atoms with van der Waals surface area (Å²) >= 11 is 0. The average Bonchev–Trinajstić information content (AvgIpc) is 2.55. The summed E-state index contributed by atoms with van der Waals surface area (Å²) in [6.07, 6.45) is 5.46. The summed E-state index contributed by atoms with van der Waals surface area (Å²) in [6.45, 7) is 0. The molecule has 1 aromatic carbocycles. The second-order valence-corrected chi connectivity index (χ2v) is 6.04. The number of fused-ring (bicyclic) bond motifs is 1. The van der Waals surface area contributed by atoms with Crippen LogP contribution in [-0.2, 0) is 11.2 Å². The van der Waals surface area contributed by atoms with Crippen LogP contribution in [0.5, 0.6) is 0 Å². The van der Waals surface area contributed by atoms with Crippen molar-refractivity contribution < 1.29 is 9.84 Å². The molecule has 0 bridgehead atoms. The Morgan fingerprint density at radius 1 is 1.14 bits per heavy atom. The van der Waals surface area contributed by atoms with Gasteiger partial charge in [-0.1, -0.05) is 43.5 Å². The number of rotatable bonds is 4. The highest BCUT2D eigenvalue weighted by molar-refractivity contribution is 5.78. The molecule has 3 rings (SSSR count). The first-order valence-electron chi connectivity index (χ1n) is 7.81. The first-order chi connectivity index (χ1) is 10.2. The Morgan fingerprint density at radius 2 is 1.90 bits per heavy atom. The SMILES string of the molecule is COC1(C(O)Cc2ccc3ccccc3n2)CCCCC1. The molecule has 1 aliphatic rings. The predicted molar refractivity (Wildman–Crippen MR) is 84.3 cm³/mol. The maximum absolute atomic E-state index is 10.7. The number of nitrogens with zero attached hydrogens (tertiary/aromatic N) is 1. The van der Waals surface area contributed by atoms with Crippen LogP contribution in [0.15, 0.2) is 36.4 Å². The summed E-state index contributed by atoms with van der Waals surface area (Å²) in [5, 5.41) is 11.8. The minimum Gasteiger partial charge on any atom is -0.390 e. The van der Waals surface area contributed by atoms with Crippen molar-refractivity contribution >= 4 is 10.9 Å². The molecule has 2 aromatic rings. The monoisotopic (exact) mass is 285 g/mol. The second kappa shape index (κ2) is 6.12. The number of aromatic nitrogens is 1. The van der Waals surface area contributed by atoms with Crippen LogP contribution in [0.25, 0.3) is 10.9 Å². The van der Waals surface area contributed by atoms with Gasteiger partial charge in [-0.15, -0.1) is 0 Å². The Kier molecular flexibility index (Phi) is 4.22. The van der Waals surface area contributed by atoms with Gasteiger partial charge in [-0.2, -0.15) is 0 Å². The Labute approximate surface area is 126 Å². The van der Waals surface area contributed by atoms with E-state index in [0.29, 0.717) is 6.42 Å². The molecule has 112 valence electrons. The molecule has 1 unspecified atom stereocenters. The van der Waals surface area contributed by atoms with Crippen LogP contribution in [0.1, 0.15) is 37.8 Å². The quantitative estimate of drug-likeness (QED) is 0.935. The minimum atomic E-state index is -0.489. The standard InChI is InChI=1S/C18H23NO2/c1-21-18(11-5-2-6-12-18)17(20)13-15-10-9-14-7-3-4-8-16(14)19-15/h3-4,7-10,17,20H,2,5-6,11-13H2,1H3. The van der Waals surface area contributed by atoms with E-state index in [-0.39, 0.29) is 5.60 Å². The molecule has 1 saturated carbocycles. The third-order valence-electron chi connectivity index (χ3n) is 4.77. The molecule has 1 N–H and O–H groups in total. The molecule has 0 saturated heterocycles. The second-order valence-electron chi connectivity index (χ2n) is 6.04. The number of hydrogen-bond acceptors (Lipinski definition) is 3. The lowest BCUT2D eigenvalue weighted by atomic mass is 9.79. The van der Waals surface area contributed by atoms with Crippen molar-refractivity contribution in [2.75, 3.05) is 7.11 Å². The van der Waals surface area contributed by atoms with Gasteiger partial charge in [-0.3, -0.25) is 4.98 Å². The van der Waals surface area contributed by atoms with E-state index in [9.17, 15) is 5.11 Å². The topological polar surface area (TPSA) is 42.4 Å². The van der Waals surface area contributed by atoms with E-state index in [2.05, 4.69) is 17.1 Å². The maximum Gasteiger partial charge on any atom is 0.0940 e. The molecule has 1 atom stereocenters. The van der Waals surface area contributed by atoms with Crippen LogP contribution < -0.4 is 0 Å². The van der Waals surface area contributed by atoms with Crippen molar-refractivity contribution in [1.29, 1.82) is 0 Å². The first-order valence-corrected chi connectivity index (χ1v) is 7.81. The summed E-state index contributed by atoms with van der Waals surface area (Å²) in [5.74, 6) is 0. The molecular formula is C18H23NO2. The summed E-state index contributed by atoms with van der Waals surface area (Å²) in [7, 11) is 1.72. The molecule has 0 radical (unpaired) electrons. The van der Waals surface area contributed by atoms with Crippen molar-refractivity contribution in [2.45, 2.75) is 50.2 Å². The van der Waals surface area contributed by atoms with E-state index in [0.717, 1.165) is 42.3 Å². The van der Waals surface area contributed by atoms with Crippen molar-refractivity contribution in [1.82, 2.24) is 4.98 Å². The number of hydrogen-bond donors (Lipinski definition) is 1. The van der Waals surface area contributed by atoms with Gasteiger partial charge in [0.05, 0.1) is 17.2 Å². The zero-order valence-corrected chi connectivity index (χ0v) is 12.6. The highest BCUT2D eigenvalue weighted by Gasteiger charge is 2.39. The fraction of sp³-hybridized carbons (Fsp3) is 0.500. The highest BCUT2D eigenvalue weighted by atomic mass is 16.5. The molecule has 1 aliphatic carbocycles. The van der Waals surface area contributed by atoms with Gasteiger partial charge >= 0.3 is 0 Å². The summed E-state index contributed by atoms with van der Waals surface area (Å²) in [5.41, 5.74) is 1.53. The first kappa shape index (κ1) is 14.5. The molecule has 1 fully saturated rings. The van der Waals surface area contributed by atoms with Crippen LogP contribution in [0.3, 0.4) is 0 Å². The number of aliphatic hydroxyl groups excluding tert-OH is 1. The number of ether oxygens (including phenoxy) is 1. The maximum atomic E-state index is 10.7. The summed E-state index contributed by atoms with van der Waals surface area (Å²) < 4.78 is 5.72. The Balaban J connectivity index is 1.80. The van der Waals surface area contributed by atoms with E-state index >= 15 is 0 Å². The number of pyridine rings is 1. The summed E-state index contributed by atoms with van der Waals surface area (Å²) in [6, 6.07) is 12.2. The minimum absolute atomic E-state index is 0.383. The average molecular weight is 285 g/mol. The van der Waals surface area contributed by atoms with Gasteiger partial charge in [-0.05, 0) is 25.0 Å². The third-order valence-corrected chi connectivity index (χ3v) is 4.77. The zero-order valence-electron chi connectivity index (χ0n) is 12.6. The van der Waals surface area contributed by atoms with Crippen LogP contribution >= 0.6 is 0 Å². The van der Waals surface area contributed by atoms with Crippen LogP contribution in [0.4, 0.5) is 0 Å². The number of para-hydroxylation sites is 1. The van der Waals surface area contributed by atoms with Crippen molar-refractivity contribution in [3.8, 4) is 0 Å². The molecule has 3 heteroatoms. The van der Waals surface area contributed by atoms with Crippen LogP contribution in [0, 0.1) is 0 Å². The van der Waals surface area contributed by atoms with E-state index in [4.69, 9.17) is 4.74 Å². The number of benzene rings is 1. The van der Waals surface area contributed by atoms with Crippen molar-refractivity contribution in [3.63, 3.8) is 0 Å². The van der Waals surface area contributed by atoms with Gasteiger partial charge < -0.3 is 9.84 Å². The molecule has 1 heterocycles. The largest absolute Gasteiger partial charge is 0.390 e. The van der Waals surface area contributed by atoms with Gasteiger partial charge in [0.15, 0.2) is 0 Å². The van der Waals surface area contributed by atoms with Crippen molar-refractivity contribution in [3.05, 3.63) is 42.1 Å². The van der Waals surface area contributed by atoms with E-state index < -0.39 is 6.10 Å². The molecule has 0 aliphatic heterocycles. The molecule has 21 heavy (non-hydrogen) atoms. The van der Waals surface area contributed by atoms with Crippen LogP contribution in [-0.4, -0.2) is 28.9 Å². The Morgan fingerprint density at radius 3 is 2.67 bits per heavy atom. The smallest absolute Gasteiger partial charge is 0.0940 e. The van der Waals surface area contributed by atoms with Crippen LogP contribution in [0.2, 0.25) is 0 Å². The van der Waals surface area contributed by atoms with Crippen molar-refractivity contribution in [2.24, 2.45) is 0 Å². The lowest BCUT2D eigenvalue weighted by Gasteiger charge is -2.39. The van der Waals surface area contributed by atoms with Gasteiger partial charge in [0, 0.05) is 24.6 Å². The van der Waals surface area contributed by atoms with Gasteiger partial charge in [0.2, 0.25) is 0 Å². The number of aliphatic hydroxyl groups is 1. The lowest BCUT2D eigenvalue weighted by Crippen LogP contribution is -2.47. The molecular weight excluding hydrogens is 262 g/mol. The fourth-order valence-corrected chi connectivity index (χ4v) is 3.43. The Hall–Kier alpha value is -1.45. The fourth-order valence-electron chi connectivity index (χ4n) is 3.43.